The molecule has 0 amide bonds. The lowest BCUT2D eigenvalue weighted by molar-refractivity contribution is 0.0601. The highest BCUT2D eigenvalue weighted by Crippen LogP contribution is 2.40. The van der Waals surface area contributed by atoms with Crippen molar-refractivity contribution in [2.24, 2.45) is 5.92 Å². The molecular formula is C21H26BrNO4. The molecule has 0 radical (unpaired) electrons. The molecule has 0 unspecified atom stereocenters. The molecule has 4 rings (SSSR count). The van der Waals surface area contributed by atoms with E-state index in [4.69, 9.17) is 13.9 Å². The largest absolute Gasteiger partial charge is 0.465 e. The molecule has 6 heteroatoms. The lowest BCUT2D eigenvalue weighted by Gasteiger charge is -2.37. The van der Waals surface area contributed by atoms with Crippen LogP contribution in [0.1, 0.15) is 48.5 Å². The van der Waals surface area contributed by atoms with E-state index in [-0.39, 0.29) is 5.97 Å². The number of carbonyl (C=O) groups is 1. The molecular weight excluding hydrogens is 410 g/mol. The maximum atomic E-state index is 12.7. The van der Waals surface area contributed by atoms with Crippen LogP contribution in [0.2, 0.25) is 0 Å². The van der Waals surface area contributed by atoms with Gasteiger partial charge in [-0.25, -0.2) is 4.79 Å². The summed E-state index contributed by atoms with van der Waals surface area (Å²) >= 11 is 3.42. The van der Waals surface area contributed by atoms with Crippen LogP contribution >= 0.6 is 15.9 Å². The average Bonchev–Trinajstić information content (AvgIpc) is 3.43. The van der Waals surface area contributed by atoms with Crippen LogP contribution in [0.3, 0.4) is 0 Å². The first-order valence-electron chi connectivity index (χ1n) is 9.80. The maximum absolute atomic E-state index is 12.7. The molecule has 1 aliphatic heterocycles. The number of fused-ring (bicyclic) bond motifs is 1. The Morgan fingerprint density at radius 3 is 2.63 bits per heavy atom. The molecule has 27 heavy (non-hydrogen) atoms. The number of nitrogens with zero attached hydrogens (tertiary/aromatic N) is 1. The lowest BCUT2D eigenvalue weighted by atomic mass is 9.96. The van der Waals surface area contributed by atoms with E-state index in [1.165, 1.54) is 20.0 Å². The predicted molar refractivity (Wildman–Crippen MR) is 109 cm³/mol. The van der Waals surface area contributed by atoms with Gasteiger partial charge in [0.2, 0.25) is 0 Å². The van der Waals surface area contributed by atoms with Crippen LogP contribution in [-0.2, 0) is 15.9 Å². The van der Waals surface area contributed by atoms with Gasteiger partial charge in [0, 0.05) is 42.9 Å². The summed E-state index contributed by atoms with van der Waals surface area (Å²) in [6, 6.07) is 4.42. The first-order valence-corrected chi connectivity index (χ1v) is 10.6. The Bertz CT molecular complexity index is 836. The molecule has 1 saturated carbocycles. The third-order valence-corrected chi connectivity index (χ3v) is 6.11. The number of ether oxygens (including phenoxy) is 2. The highest BCUT2D eigenvalue weighted by atomic mass is 79.9. The zero-order valence-corrected chi connectivity index (χ0v) is 17.5. The molecule has 0 N–H and O–H groups in total. The third-order valence-electron chi connectivity index (χ3n) is 5.71. The quantitative estimate of drug-likeness (QED) is 0.601. The number of carbonyl (C=O) groups excluding carboxylic acids is 1. The van der Waals surface area contributed by atoms with Gasteiger partial charge in [0.25, 0.3) is 0 Å². The molecule has 0 atom stereocenters. The van der Waals surface area contributed by atoms with E-state index in [2.05, 4.69) is 33.8 Å². The van der Waals surface area contributed by atoms with Crippen LogP contribution in [0, 0.1) is 5.92 Å². The summed E-state index contributed by atoms with van der Waals surface area (Å²) in [6.45, 7) is 4.73. The number of furan rings is 1. The van der Waals surface area contributed by atoms with E-state index < -0.39 is 0 Å². The summed E-state index contributed by atoms with van der Waals surface area (Å²) in [6.07, 6.45) is 5.38. The van der Waals surface area contributed by atoms with Gasteiger partial charge in [-0.05, 0) is 65.6 Å². The second-order valence-electron chi connectivity index (χ2n) is 7.50. The summed E-state index contributed by atoms with van der Waals surface area (Å²) in [5.41, 5.74) is 3.53. The van der Waals surface area contributed by atoms with Crippen molar-refractivity contribution >= 4 is 38.6 Å². The standard InChI is InChI=1S/C21H26BrNO4/c1-3-15-17(23(12-13-4-5-13)14-6-8-26-9-7-14)11-18-16(10-19(22)27-18)20(15)21(24)25-2/h10-11,13-14H,3-9,12H2,1-2H3. The average molecular weight is 436 g/mol. The van der Waals surface area contributed by atoms with Crippen molar-refractivity contribution in [1.82, 2.24) is 0 Å². The molecule has 2 fully saturated rings. The first-order chi connectivity index (χ1) is 13.1. The number of methoxy groups -OCH3 is 1. The van der Waals surface area contributed by atoms with Crippen LogP contribution in [0.25, 0.3) is 11.0 Å². The smallest absolute Gasteiger partial charge is 0.338 e. The molecule has 2 heterocycles. The SMILES string of the molecule is CCc1c(N(CC2CC2)C2CCOCC2)cc2oc(Br)cc2c1C(=O)OC. The molecule has 2 aromatic rings. The Morgan fingerprint density at radius 1 is 1.26 bits per heavy atom. The Labute approximate surface area is 168 Å². The normalized spacial score (nSPS) is 18.0. The van der Waals surface area contributed by atoms with Gasteiger partial charge in [0.1, 0.15) is 5.58 Å². The van der Waals surface area contributed by atoms with E-state index in [9.17, 15) is 4.79 Å². The lowest BCUT2D eigenvalue weighted by Crippen LogP contribution is -2.41. The van der Waals surface area contributed by atoms with Gasteiger partial charge < -0.3 is 18.8 Å². The van der Waals surface area contributed by atoms with Gasteiger partial charge in [-0.1, -0.05) is 6.92 Å². The Balaban J connectivity index is 1.87. The number of benzene rings is 1. The van der Waals surface area contributed by atoms with Crippen LogP contribution in [-0.4, -0.2) is 38.9 Å². The van der Waals surface area contributed by atoms with Gasteiger partial charge in [-0.15, -0.1) is 0 Å². The topological polar surface area (TPSA) is 51.9 Å². The maximum Gasteiger partial charge on any atom is 0.338 e. The van der Waals surface area contributed by atoms with E-state index in [0.29, 0.717) is 16.3 Å². The summed E-state index contributed by atoms with van der Waals surface area (Å²) in [4.78, 5) is 15.2. The summed E-state index contributed by atoms with van der Waals surface area (Å²) in [5.74, 6) is 0.448. The van der Waals surface area contributed by atoms with Crippen molar-refractivity contribution in [3.8, 4) is 0 Å². The Hall–Kier alpha value is -1.53. The van der Waals surface area contributed by atoms with E-state index in [0.717, 1.165) is 67.2 Å². The second-order valence-corrected chi connectivity index (χ2v) is 8.28. The van der Waals surface area contributed by atoms with Crippen molar-refractivity contribution in [2.75, 3.05) is 31.8 Å². The minimum absolute atomic E-state index is 0.301. The van der Waals surface area contributed by atoms with Gasteiger partial charge in [-0.2, -0.15) is 0 Å². The fourth-order valence-electron chi connectivity index (χ4n) is 4.15. The highest BCUT2D eigenvalue weighted by molar-refractivity contribution is 9.10. The van der Waals surface area contributed by atoms with Gasteiger partial charge in [0.15, 0.2) is 4.67 Å². The molecule has 5 nitrogen and oxygen atoms in total. The first kappa shape index (κ1) is 18.8. The van der Waals surface area contributed by atoms with Crippen LogP contribution in [0.4, 0.5) is 5.69 Å². The highest BCUT2D eigenvalue weighted by Gasteiger charge is 2.32. The van der Waals surface area contributed by atoms with E-state index in [1.54, 1.807) is 0 Å². The molecule has 1 saturated heterocycles. The van der Waals surface area contributed by atoms with Crippen LogP contribution < -0.4 is 4.90 Å². The number of anilines is 1. The number of esters is 1. The summed E-state index contributed by atoms with van der Waals surface area (Å²) in [7, 11) is 1.44. The van der Waals surface area contributed by atoms with Crippen molar-refractivity contribution in [2.45, 2.75) is 45.1 Å². The van der Waals surface area contributed by atoms with E-state index >= 15 is 0 Å². The van der Waals surface area contributed by atoms with Crippen molar-refractivity contribution < 1.29 is 18.7 Å². The van der Waals surface area contributed by atoms with Crippen molar-refractivity contribution in [3.63, 3.8) is 0 Å². The fraction of sp³-hybridized carbons (Fsp3) is 0.571. The third kappa shape index (κ3) is 3.74. The molecule has 0 bridgehead atoms. The summed E-state index contributed by atoms with van der Waals surface area (Å²) < 4.78 is 17.2. The van der Waals surface area contributed by atoms with E-state index in [1.807, 2.05) is 6.07 Å². The molecule has 2 aliphatic rings. The molecule has 1 aliphatic carbocycles. The Kier molecular flexibility index (Phi) is 5.46. The number of hydrogen-bond acceptors (Lipinski definition) is 5. The second kappa shape index (κ2) is 7.84. The number of halogens is 1. The number of rotatable bonds is 6. The minimum atomic E-state index is -0.301. The van der Waals surface area contributed by atoms with Gasteiger partial charge >= 0.3 is 5.97 Å². The van der Waals surface area contributed by atoms with Crippen LogP contribution in [0.15, 0.2) is 21.2 Å². The van der Waals surface area contributed by atoms with Crippen molar-refractivity contribution in [1.29, 1.82) is 0 Å². The van der Waals surface area contributed by atoms with Gasteiger partial charge in [-0.3, -0.25) is 0 Å². The number of hydrogen-bond donors (Lipinski definition) is 0. The Morgan fingerprint density at radius 2 is 2.00 bits per heavy atom. The summed E-state index contributed by atoms with van der Waals surface area (Å²) in [5, 5.41) is 0.813. The minimum Gasteiger partial charge on any atom is -0.465 e. The predicted octanol–water partition coefficient (Wildman–Crippen LogP) is 4.94. The molecule has 0 spiro atoms. The molecule has 146 valence electrons. The molecule has 1 aromatic heterocycles. The van der Waals surface area contributed by atoms with Crippen molar-refractivity contribution in [3.05, 3.63) is 27.9 Å². The van der Waals surface area contributed by atoms with Gasteiger partial charge in [0.05, 0.1) is 12.7 Å². The zero-order chi connectivity index (χ0) is 19.0. The van der Waals surface area contributed by atoms with Crippen LogP contribution in [0.5, 0.6) is 0 Å². The fourth-order valence-corrected chi connectivity index (χ4v) is 4.55. The zero-order valence-electron chi connectivity index (χ0n) is 15.9. The monoisotopic (exact) mass is 435 g/mol. The molecule has 1 aromatic carbocycles.